The summed E-state index contributed by atoms with van der Waals surface area (Å²) in [5.74, 6) is -0.294. The third-order valence-corrected chi connectivity index (χ3v) is 5.69. The molecule has 9 nitrogen and oxygen atoms in total. The monoisotopic (exact) mass is 399 g/mol. The fourth-order valence-electron chi connectivity index (χ4n) is 3.01. The molecule has 0 saturated carbocycles. The molecule has 3 atom stereocenters. The van der Waals surface area contributed by atoms with Crippen molar-refractivity contribution in [1.82, 2.24) is 15.7 Å². The third-order valence-electron chi connectivity index (χ3n) is 5.69. The van der Waals surface area contributed by atoms with Crippen molar-refractivity contribution in [3.8, 4) is 0 Å². The first-order valence-electron chi connectivity index (χ1n) is 9.86. The molecule has 2 rings (SSSR count). The Morgan fingerprint density at radius 1 is 1.29 bits per heavy atom. The number of nitrogens with zero attached hydrogens (tertiary/aromatic N) is 1. The Bertz CT molecular complexity index is 574. The summed E-state index contributed by atoms with van der Waals surface area (Å²) in [6.07, 6.45) is -0.677. The highest BCUT2D eigenvalue weighted by atomic mass is 16.7. The highest BCUT2D eigenvalue weighted by Crippen LogP contribution is 2.31. The van der Waals surface area contributed by atoms with E-state index in [0.29, 0.717) is 32.7 Å². The molecule has 2 fully saturated rings. The first-order valence-corrected chi connectivity index (χ1v) is 9.86. The molecule has 0 radical (unpaired) electrons. The number of carbonyl (C=O) groups excluding carboxylic acids is 3. The first kappa shape index (κ1) is 22.6. The average Bonchev–Trinajstić information content (AvgIpc) is 2.93. The van der Waals surface area contributed by atoms with Crippen LogP contribution in [0, 0.1) is 11.3 Å². The lowest BCUT2D eigenvalue weighted by molar-refractivity contribution is -0.148. The van der Waals surface area contributed by atoms with E-state index in [0.717, 1.165) is 0 Å². The second kappa shape index (κ2) is 9.67. The van der Waals surface area contributed by atoms with Crippen LogP contribution in [0.4, 0.5) is 4.79 Å². The molecule has 2 aliphatic heterocycles. The Kier molecular flexibility index (Phi) is 7.79. The summed E-state index contributed by atoms with van der Waals surface area (Å²) in [7, 11) is 0. The molecule has 9 heteroatoms. The van der Waals surface area contributed by atoms with Gasteiger partial charge in [0.1, 0.15) is 18.7 Å². The molecule has 0 bridgehead atoms. The SMILES string of the molecule is CC(C)C(C)(C)C[C@H](NC(=O)ON1CCOCC1)C(=O)N[C@@H]1C(=O)CO[C@H]1C. The highest BCUT2D eigenvalue weighted by Gasteiger charge is 2.38. The van der Waals surface area contributed by atoms with Crippen LogP contribution in [0.2, 0.25) is 0 Å². The number of hydroxylamine groups is 2. The largest absolute Gasteiger partial charge is 0.426 e. The third kappa shape index (κ3) is 6.15. The molecule has 0 spiro atoms. The molecule has 160 valence electrons. The van der Waals surface area contributed by atoms with Crippen LogP contribution in [-0.2, 0) is 23.9 Å². The van der Waals surface area contributed by atoms with Gasteiger partial charge in [0, 0.05) is 0 Å². The van der Waals surface area contributed by atoms with E-state index in [4.69, 9.17) is 14.3 Å². The smallest absolute Gasteiger partial charge is 0.379 e. The lowest BCUT2D eigenvalue weighted by atomic mass is 9.76. The van der Waals surface area contributed by atoms with E-state index in [1.165, 1.54) is 5.06 Å². The number of hydrogen-bond donors (Lipinski definition) is 2. The predicted octanol–water partition coefficient (Wildman–Crippen LogP) is 0.873. The maximum absolute atomic E-state index is 12.9. The fraction of sp³-hybridized carbons (Fsp3) is 0.842. The Morgan fingerprint density at radius 3 is 2.46 bits per heavy atom. The van der Waals surface area contributed by atoms with Gasteiger partial charge in [-0.1, -0.05) is 27.7 Å². The van der Waals surface area contributed by atoms with E-state index in [-0.39, 0.29) is 23.7 Å². The van der Waals surface area contributed by atoms with Crippen molar-refractivity contribution in [2.45, 2.75) is 59.2 Å². The van der Waals surface area contributed by atoms with Crippen molar-refractivity contribution in [3.05, 3.63) is 0 Å². The van der Waals surface area contributed by atoms with Crippen LogP contribution in [0.5, 0.6) is 0 Å². The lowest BCUT2D eigenvalue weighted by Crippen LogP contribution is -2.55. The lowest BCUT2D eigenvalue weighted by Gasteiger charge is -2.34. The molecule has 28 heavy (non-hydrogen) atoms. The van der Waals surface area contributed by atoms with Crippen LogP contribution in [0.25, 0.3) is 0 Å². The Hall–Kier alpha value is -1.71. The number of Topliss-reactive ketones (excluding diaryl/α,β-unsaturated/α-hetero) is 1. The van der Waals surface area contributed by atoms with Gasteiger partial charge in [-0.05, 0) is 24.7 Å². The maximum Gasteiger partial charge on any atom is 0.426 e. The van der Waals surface area contributed by atoms with Crippen LogP contribution in [0.1, 0.15) is 41.0 Å². The number of nitrogens with one attached hydrogen (secondary N) is 2. The van der Waals surface area contributed by atoms with E-state index >= 15 is 0 Å². The number of morpholine rings is 1. The molecular formula is C19H33N3O6. The van der Waals surface area contributed by atoms with Gasteiger partial charge in [0.2, 0.25) is 5.91 Å². The van der Waals surface area contributed by atoms with Gasteiger partial charge in [0.25, 0.3) is 0 Å². The highest BCUT2D eigenvalue weighted by molar-refractivity contribution is 5.94. The van der Waals surface area contributed by atoms with Crippen LogP contribution in [0.3, 0.4) is 0 Å². The number of ketones is 1. The molecule has 2 N–H and O–H groups in total. The zero-order valence-electron chi connectivity index (χ0n) is 17.4. The fourth-order valence-corrected chi connectivity index (χ4v) is 3.01. The number of amides is 2. The van der Waals surface area contributed by atoms with Gasteiger partial charge in [-0.3, -0.25) is 9.59 Å². The van der Waals surface area contributed by atoms with Crippen LogP contribution < -0.4 is 10.6 Å². The summed E-state index contributed by atoms with van der Waals surface area (Å²) in [4.78, 5) is 42.5. The van der Waals surface area contributed by atoms with Crippen LogP contribution >= 0.6 is 0 Å². The number of ether oxygens (including phenoxy) is 2. The molecule has 2 aliphatic rings. The van der Waals surface area contributed by atoms with Gasteiger partial charge in [0.05, 0.1) is 32.4 Å². The normalized spacial score (nSPS) is 24.9. The quantitative estimate of drug-likeness (QED) is 0.654. The van der Waals surface area contributed by atoms with Gasteiger partial charge in [0.15, 0.2) is 5.78 Å². The van der Waals surface area contributed by atoms with Crippen LogP contribution in [-0.4, -0.2) is 73.9 Å². The molecule has 0 aromatic heterocycles. The molecule has 2 amide bonds. The van der Waals surface area contributed by atoms with E-state index in [9.17, 15) is 14.4 Å². The molecule has 2 heterocycles. The van der Waals surface area contributed by atoms with Gasteiger partial charge in [-0.25, -0.2) is 4.79 Å². The first-order chi connectivity index (χ1) is 13.1. The Morgan fingerprint density at radius 2 is 1.93 bits per heavy atom. The van der Waals surface area contributed by atoms with Crippen molar-refractivity contribution in [2.24, 2.45) is 11.3 Å². The summed E-state index contributed by atoms with van der Waals surface area (Å²) in [5.41, 5.74) is -0.212. The zero-order chi connectivity index (χ0) is 20.9. The minimum Gasteiger partial charge on any atom is -0.379 e. The topological polar surface area (TPSA) is 106 Å². The molecule has 0 unspecified atom stereocenters. The number of rotatable bonds is 7. The van der Waals surface area contributed by atoms with Crippen molar-refractivity contribution in [3.63, 3.8) is 0 Å². The molecule has 0 aromatic carbocycles. The molecular weight excluding hydrogens is 366 g/mol. The Balaban J connectivity index is 2.03. The second-order valence-corrected chi connectivity index (χ2v) is 8.43. The van der Waals surface area contributed by atoms with Crippen LogP contribution in [0.15, 0.2) is 0 Å². The predicted molar refractivity (Wildman–Crippen MR) is 101 cm³/mol. The van der Waals surface area contributed by atoms with Crippen molar-refractivity contribution in [1.29, 1.82) is 0 Å². The maximum atomic E-state index is 12.9. The summed E-state index contributed by atoms with van der Waals surface area (Å²) in [6, 6.07) is -1.53. The number of hydrogen-bond acceptors (Lipinski definition) is 7. The van der Waals surface area contributed by atoms with Crippen molar-refractivity contribution >= 4 is 17.8 Å². The average molecular weight is 399 g/mol. The summed E-state index contributed by atoms with van der Waals surface area (Å²) < 4.78 is 10.5. The second-order valence-electron chi connectivity index (χ2n) is 8.43. The van der Waals surface area contributed by atoms with E-state index in [1.54, 1.807) is 6.92 Å². The summed E-state index contributed by atoms with van der Waals surface area (Å²) in [5, 5.41) is 6.91. The standard InChI is InChI=1S/C19H33N3O6/c1-12(2)19(4,5)10-14(17(24)21-16-13(3)27-11-15(16)23)20-18(25)28-22-6-8-26-9-7-22/h12-14,16H,6-11H2,1-5H3,(H,20,25)(H,21,24)/t13-,14-,16-/m0/s1. The van der Waals surface area contributed by atoms with E-state index in [2.05, 4.69) is 24.5 Å². The van der Waals surface area contributed by atoms with Gasteiger partial charge in [-0.15, -0.1) is 5.06 Å². The number of carbonyl (C=O) groups is 3. The Labute approximate surface area is 166 Å². The van der Waals surface area contributed by atoms with E-state index in [1.807, 2.05) is 13.8 Å². The minimum atomic E-state index is -0.827. The summed E-state index contributed by atoms with van der Waals surface area (Å²) in [6.45, 7) is 11.9. The van der Waals surface area contributed by atoms with Crippen molar-refractivity contribution < 1.29 is 28.7 Å². The molecule has 2 saturated heterocycles. The van der Waals surface area contributed by atoms with Gasteiger partial charge in [-0.2, -0.15) is 0 Å². The zero-order valence-corrected chi connectivity index (χ0v) is 17.4. The minimum absolute atomic E-state index is 0.0131. The summed E-state index contributed by atoms with van der Waals surface area (Å²) >= 11 is 0. The van der Waals surface area contributed by atoms with Gasteiger partial charge >= 0.3 is 6.09 Å². The van der Waals surface area contributed by atoms with Gasteiger partial charge < -0.3 is 24.9 Å². The molecule has 0 aromatic rings. The molecule has 0 aliphatic carbocycles. The van der Waals surface area contributed by atoms with Crippen molar-refractivity contribution in [2.75, 3.05) is 32.9 Å². The van der Waals surface area contributed by atoms with E-state index < -0.39 is 30.2 Å².